The van der Waals surface area contributed by atoms with Gasteiger partial charge in [-0.3, -0.25) is 4.79 Å². The van der Waals surface area contributed by atoms with Crippen molar-refractivity contribution >= 4 is 27.1 Å². The molecule has 3 rings (SSSR count). The monoisotopic (exact) mass is 349 g/mol. The number of rotatable bonds is 4. The van der Waals surface area contributed by atoms with Crippen LogP contribution >= 0.6 is 0 Å². The van der Waals surface area contributed by atoms with E-state index in [1.807, 2.05) is 0 Å². The van der Waals surface area contributed by atoms with Crippen LogP contribution in [-0.4, -0.2) is 36.9 Å². The predicted molar refractivity (Wildman–Crippen MR) is 89.3 cm³/mol. The van der Waals surface area contributed by atoms with Crippen molar-refractivity contribution in [3.05, 3.63) is 54.1 Å². The normalized spacial score (nSPS) is 19.0. The molecule has 1 fully saturated rings. The van der Waals surface area contributed by atoms with Crippen LogP contribution in [0.3, 0.4) is 0 Å². The Balaban J connectivity index is 1.62. The molecule has 8 heteroatoms. The summed E-state index contributed by atoms with van der Waals surface area (Å²) in [6, 6.07) is 8.65. The molecule has 1 unspecified atom stereocenters. The van der Waals surface area contributed by atoms with E-state index in [-0.39, 0.29) is 23.2 Å². The van der Waals surface area contributed by atoms with Gasteiger partial charge in [-0.25, -0.2) is 17.8 Å². The van der Waals surface area contributed by atoms with Crippen LogP contribution in [0.4, 0.5) is 15.8 Å². The van der Waals surface area contributed by atoms with E-state index in [1.54, 1.807) is 12.1 Å². The Labute approximate surface area is 139 Å². The number of hydrogen-bond acceptors (Lipinski definition) is 5. The first-order chi connectivity index (χ1) is 11.4. The fourth-order valence-electron chi connectivity index (χ4n) is 2.52. The van der Waals surface area contributed by atoms with Crippen molar-refractivity contribution in [1.82, 2.24) is 4.98 Å². The molecule has 2 aromatic rings. The third-order valence-corrected chi connectivity index (χ3v) is 5.45. The molecule has 126 valence electrons. The van der Waals surface area contributed by atoms with Crippen molar-refractivity contribution in [2.24, 2.45) is 0 Å². The summed E-state index contributed by atoms with van der Waals surface area (Å²) in [5.41, 5.74) is 1.18. The standard InChI is InChI=1S/C16H16FN3O3S/c17-11-2-1-3-12(8-11)20-16(21)15-5-4-13(9-18-15)19-14-6-7-24(22,23)10-14/h1-5,8-9,14,19H,6-7,10H2,(H,20,21). The maximum atomic E-state index is 13.1. The summed E-state index contributed by atoms with van der Waals surface area (Å²) in [5.74, 6) is -0.594. The molecule has 1 aromatic carbocycles. The highest BCUT2D eigenvalue weighted by Crippen LogP contribution is 2.17. The number of nitrogens with one attached hydrogen (secondary N) is 2. The van der Waals surface area contributed by atoms with Gasteiger partial charge in [0.25, 0.3) is 5.91 Å². The third kappa shape index (κ3) is 4.08. The van der Waals surface area contributed by atoms with Crippen LogP contribution in [-0.2, 0) is 9.84 Å². The maximum Gasteiger partial charge on any atom is 0.274 e. The number of amides is 1. The number of aromatic nitrogens is 1. The van der Waals surface area contributed by atoms with Crippen LogP contribution in [0, 0.1) is 5.82 Å². The van der Waals surface area contributed by atoms with Gasteiger partial charge in [0.2, 0.25) is 0 Å². The molecule has 1 aliphatic heterocycles. The Kier molecular flexibility index (Phi) is 4.48. The largest absolute Gasteiger partial charge is 0.380 e. The van der Waals surface area contributed by atoms with E-state index in [9.17, 15) is 17.6 Å². The van der Waals surface area contributed by atoms with Crippen molar-refractivity contribution in [1.29, 1.82) is 0 Å². The molecule has 1 amide bonds. The quantitative estimate of drug-likeness (QED) is 0.882. The highest BCUT2D eigenvalue weighted by molar-refractivity contribution is 7.91. The molecule has 24 heavy (non-hydrogen) atoms. The molecule has 0 spiro atoms. The van der Waals surface area contributed by atoms with Gasteiger partial charge in [0.15, 0.2) is 9.84 Å². The fourth-order valence-corrected chi connectivity index (χ4v) is 4.19. The second-order valence-electron chi connectivity index (χ2n) is 5.64. The second kappa shape index (κ2) is 6.56. The van der Waals surface area contributed by atoms with Gasteiger partial charge in [0, 0.05) is 11.7 Å². The lowest BCUT2D eigenvalue weighted by Gasteiger charge is -2.12. The topological polar surface area (TPSA) is 88.2 Å². The SMILES string of the molecule is O=C(Nc1cccc(F)c1)c1ccc(NC2CCS(=O)(=O)C2)cn1. The molecule has 1 atom stereocenters. The Morgan fingerprint density at radius 3 is 2.67 bits per heavy atom. The van der Waals surface area contributed by atoms with Gasteiger partial charge in [-0.05, 0) is 36.8 Å². The molecule has 1 aliphatic rings. The van der Waals surface area contributed by atoms with E-state index in [2.05, 4.69) is 15.6 Å². The van der Waals surface area contributed by atoms with Gasteiger partial charge in [0.1, 0.15) is 11.5 Å². The van der Waals surface area contributed by atoms with E-state index in [4.69, 9.17) is 0 Å². The lowest BCUT2D eigenvalue weighted by molar-refractivity contribution is 0.102. The Morgan fingerprint density at radius 1 is 1.21 bits per heavy atom. The minimum absolute atomic E-state index is 0.106. The molecule has 0 saturated carbocycles. The molecule has 2 heterocycles. The highest BCUT2D eigenvalue weighted by Gasteiger charge is 2.27. The van der Waals surface area contributed by atoms with E-state index in [1.165, 1.54) is 30.5 Å². The number of halogens is 1. The highest BCUT2D eigenvalue weighted by atomic mass is 32.2. The van der Waals surface area contributed by atoms with Gasteiger partial charge >= 0.3 is 0 Å². The minimum atomic E-state index is -2.95. The zero-order valence-electron chi connectivity index (χ0n) is 12.7. The molecule has 0 bridgehead atoms. The number of carbonyl (C=O) groups is 1. The molecule has 1 aromatic heterocycles. The fraction of sp³-hybridized carbons (Fsp3) is 0.250. The molecule has 0 aliphatic carbocycles. The number of pyridine rings is 1. The number of sulfone groups is 1. The van der Waals surface area contributed by atoms with Crippen molar-refractivity contribution in [2.75, 3.05) is 22.1 Å². The van der Waals surface area contributed by atoms with Gasteiger partial charge in [-0.15, -0.1) is 0 Å². The van der Waals surface area contributed by atoms with Crippen LogP contribution in [0.1, 0.15) is 16.9 Å². The number of nitrogens with zero attached hydrogens (tertiary/aromatic N) is 1. The second-order valence-corrected chi connectivity index (χ2v) is 7.87. The van der Waals surface area contributed by atoms with Gasteiger partial charge < -0.3 is 10.6 Å². The van der Waals surface area contributed by atoms with Crippen LogP contribution in [0.15, 0.2) is 42.6 Å². The first kappa shape index (κ1) is 16.4. The molecule has 1 saturated heterocycles. The molecular weight excluding hydrogens is 333 g/mol. The van der Waals surface area contributed by atoms with Gasteiger partial charge in [-0.1, -0.05) is 6.07 Å². The van der Waals surface area contributed by atoms with Crippen LogP contribution in [0.2, 0.25) is 0 Å². The predicted octanol–water partition coefficient (Wildman–Crippen LogP) is 2.07. The third-order valence-electron chi connectivity index (χ3n) is 3.68. The summed E-state index contributed by atoms with van der Waals surface area (Å²) in [6.45, 7) is 0. The van der Waals surface area contributed by atoms with Crippen molar-refractivity contribution in [2.45, 2.75) is 12.5 Å². The lowest BCUT2D eigenvalue weighted by Crippen LogP contribution is -2.21. The van der Waals surface area contributed by atoms with Gasteiger partial charge in [-0.2, -0.15) is 0 Å². The summed E-state index contributed by atoms with van der Waals surface area (Å²) in [4.78, 5) is 16.1. The Morgan fingerprint density at radius 2 is 2.04 bits per heavy atom. The van der Waals surface area contributed by atoms with Crippen LogP contribution < -0.4 is 10.6 Å². The number of hydrogen-bond donors (Lipinski definition) is 2. The van der Waals surface area contributed by atoms with Crippen molar-refractivity contribution in [3.63, 3.8) is 0 Å². The number of anilines is 2. The molecule has 0 radical (unpaired) electrons. The van der Waals surface area contributed by atoms with Crippen molar-refractivity contribution < 1.29 is 17.6 Å². The number of carbonyl (C=O) groups excluding carboxylic acids is 1. The summed E-state index contributed by atoms with van der Waals surface area (Å²) in [7, 11) is -2.95. The van der Waals surface area contributed by atoms with Crippen LogP contribution in [0.5, 0.6) is 0 Å². The molecule has 2 N–H and O–H groups in total. The Bertz CT molecular complexity index is 853. The molecular formula is C16H16FN3O3S. The first-order valence-electron chi connectivity index (χ1n) is 7.41. The summed E-state index contributed by atoms with van der Waals surface area (Å²) in [6.07, 6.45) is 2.04. The smallest absolute Gasteiger partial charge is 0.274 e. The lowest BCUT2D eigenvalue weighted by atomic mass is 10.2. The van der Waals surface area contributed by atoms with Crippen molar-refractivity contribution in [3.8, 4) is 0 Å². The van der Waals surface area contributed by atoms with Gasteiger partial charge in [0.05, 0.1) is 23.4 Å². The average Bonchev–Trinajstić information content (AvgIpc) is 2.87. The van der Waals surface area contributed by atoms with E-state index >= 15 is 0 Å². The Hall–Kier alpha value is -2.48. The van der Waals surface area contributed by atoms with E-state index in [0.717, 1.165) is 0 Å². The zero-order valence-corrected chi connectivity index (χ0v) is 13.5. The summed E-state index contributed by atoms with van der Waals surface area (Å²) >= 11 is 0. The minimum Gasteiger partial charge on any atom is -0.380 e. The molecule has 6 nitrogen and oxygen atoms in total. The summed E-state index contributed by atoms with van der Waals surface area (Å²) < 4.78 is 36.0. The zero-order chi connectivity index (χ0) is 17.2. The first-order valence-corrected chi connectivity index (χ1v) is 9.23. The van der Waals surface area contributed by atoms with E-state index < -0.39 is 21.6 Å². The summed E-state index contributed by atoms with van der Waals surface area (Å²) in [5, 5.41) is 5.66. The van der Waals surface area contributed by atoms with E-state index in [0.29, 0.717) is 17.8 Å². The average molecular weight is 349 g/mol. The van der Waals surface area contributed by atoms with Crippen LogP contribution in [0.25, 0.3) is 0 Å². The number of benzene rings is 1. The maximum absolute atomic E-state index is 13.1.